The van der Waals surface area contributed by atoms with Crippen LogP contribution >= 0.6 is 0 Å². The molecule has 1 saturated heterocycles. The highest BCUT2D eigenvalue weighted by Crippen LogP contribution is 2.30. The number of ether oxygens (including phenoxy) is 2. The van der Waals surface area contributed by atoms with Gasteiger partial charge in [0, 0.05) is 44.0 Å². The number of aromatic nitrogens is 1. The Morgan fingerprint density at radius 3 is 2.35 bits per heavy atom. The van der Waals surface area contributed by atoms with E-state index in [0.717, 1.165) is 56.1 Å². The predicted molar refractivity (Wildman–Crippen MR) is 119 cm³/mol. The van der Waals surface area contributed by atoms with Crippen LogP contribution in [0.2, 0.25) is 0 Å². The van der Waals surface area contributed by atoms with Gasteiger partial charge in [-0.3, -0.25) is 9.69 Å². The summed E-state index contributed by atoms with van der Waals surface area (Å²) in [4.78, 5) is 18.6. The van der Waals surface area contributed by atoms with Gasteiger partial charge in [-0.15, -0.1) is 0 Å². The van der Waals surface area contributed by atoms with Crippen LogP contribution in [0.5, 0.6) is 11.6 Å². The first kappa shape index (κ1) is 23.7. The smallest absolute Gasteiger partial charge is 0.417 e. The maximum Gasteiger partial charge on any atom is 0.417 e. The summed E-state index contributed by atoms with van der Waals surface area (Å²) >= 11 is 0. The Morgan fingerprint density at radius 1 is 1.00 bits per heavy atom. The van der Waals surface area contributed by atoms with Gasteiger partial charge >= 0.3 is 6.18 Å². The molecule has 0 bridgehead atoms. The predicted octanol–water partition coefficient (Wildman–Crippen LogP) is 4.65. The van der Waals surface area contributed by atoms with Gasteiger partial charge in [0.2, 0.25) is 5.88 Å². The summed E-state index contributed by atoms with van der Waals surface area (Å²) in [5.41, 5.74) is 1.81. The number of alkyl halides is 3. The molecule has 1 fully saturated rings. The normalized spacial score (nSPS) is 14.6. The molecule has 0 unspecified atom stereocenters. The fraction of sp³-hybridized carbons (Fsp3) is 0.280. The van der Waals surface area contributed by atoms with Gasteiger partial charge in [0.25, 0.3) is 5.91 Å². The molecule has 6 nitrogen and oxygen atoms in total. The van der Waals surface area contributed by atoms with Gasteiger partial charge < -0.3 is 14.8 Å². The van der Waals surface area contributed by atoms with Crippen molar-refractivity contribution < 1.29 is 27.4 Å². The number of morpholine rings is 1. The van der Waals surface area contributed by atoms with Crippen LogP contribution in [-0.2, 0) is 24.0 Å². The number of carbonyl (C=O) groups is 1. The Kier molecular flexibility index (Phi) is 7.44. The van der Waals surface area contributed by atoms with Crippen molar-refractivity contribution in [1.82, 2.24) is 15.2 Å². The van der Waals surface area contributed by atoms with Crippen molar-refractivity contribution in [2.24, 2.45) is 0 Å². The molecule has 2 aromatic carbocycles. The highest BCUT2D eigenvalue weighted by atomic mass is 19.4. The van der Waals surface area contributed by atoms with E-state index in [4.69, 9.17) is 9.47 Å². The van der Waals surface area contributed by atoms with Crippen molar-refractivity contribution in [2.75, 3.05) is 26.3 Å². The SMILES string of the molecule is O=C(NCc1ccccc1CN1CCOCC1)c1ccc(Oc2ccc(C(F)(F)F)cn2)cc1. The number of benzene rings is 2. The summed E-state index contributed by atoms with van der Waals surface area (Å²) in [5.74, 6) is 0.155. The van der Waals surface area contributed by atoms with Gasteiger partial charge in [0.05, 0.1) is 18.8 Å². The number of pyridine rings is 1. The standard InChI is InChI=1S/C25H24F3N3O3/c26-25(27,28)21-7-10-23(29-16-21)34-22-8-5-18(6-9-22)24(32)30-15-19-3-1-2-4-20(19)17-31-11-13-33-14-12-31/h1-10,16H,11-15,17H2,(H,30,32). The van der Waals surface area contributed by atoms with Gasteiger partial charge in [-0.1, -0.05) is 24.3 Å². The molecule has 0 aliphatic carbocycles. The van der Waals surface area contributed by atoms with Crippen molar-refractivity contribution in [3.63, 3.8) is 0 Å². The number of halogens is 3. The molecule has 9 heteroatoms. The monoisotopic (exact) mass is 471 g/mol. The molecular weight excluding hydrogens is 447 g/mol. The first-order valence-corrected chi connectivity index (χ1v) is 10.8. The lowest BCUT2D eigenvalue weighted by molar-refractivity contribution is -0.137. The quantitative estimate of drug-likeness (QED) is 0.543. The molecule has 1 N–H and O–H groups in total. The van der Waals surface area contributed by atoms with Crippen LogP contribution in [0.3, 0.4) is 0 Å². The van der Waals surface area contributed by atoms with E-state index in [9.17, 15) is 18.0 Å². The second kappa shape index (κ2) is 10.7. The molecule has 178 valence electrons. The molecule has 0 saturated carbocycles. The minimum atomic E-state index is -4.45. The Balaban J connectivity index is 1.33. The molecule has 4 rings (SSSR count). The average molecular weight is 471 g/mol. The Labute approximate surface area is 195 Å². The minimum Gasteiger partial charge on any atom is -0.439 e. The lowest BCUT2D eigenvalue weighted by atomic mass is 10.1. The van der Waals surface area contributed by atoms with Crippen molar-refractivity contribution in [3.05, 3.63) is 89.1 Å². The third kappa shape index (κ3) is 6.33. The Hall–Kier alpha value is -3.43. The van der Waals surface area contributed by atoms with E-state index < -0.39 is 11.7 Å². The lowest BCUT2D eigenvalue weighted by Gasteiger charge is -2.27. The molecule has 1 aliphatic heterocycles. The number of carbonyl (C=O) groups excluding carboxylic acids is 1. The van der Waals surface area contributed by atoms with Crippen molar-refractivity contribution >= 4 is 5.91 Å². The largest absolute Gasteiger partial charge is 0.439 e. The fourth-order valence-corrected chi connectivity index (χ4v) is 3.57. The lowest BCUT2D eigenvalue weighted by Crippen LogP contribution is -2.36. The summed E-state index contributed by atoms with van der Waals surface area (Å²) in [7, 11) is 0. The minimum absolute atomic E-state index is 0.0297. The van der Waals surface area contributed by atoms with Gasteiger partial charge in [-0.25, -0.2) is 4.98 Å². The van der Waals surface area contributed by atoms with E-state index in [2.05, 4.69) is 21.3 Å². The highest BCUT2D eigenvalue weighted by Gasteiger charge is 2.30. The van der Waals surface area contributed by atoms with E-state index >= 15 is 0 Å². The third-order valence-corrected chi connectivity index (χ3v) is 5.46. The topological polar surface area (TPSA) is 63.7 Å². The van der Waals surface area contributed by atoms with E-state index in [-0.39, 0.29) is 11.8 Å². The van der Waals surface area contributed by atoms with Crippen LogP contribution in [0.4, 0.5) is 13.2 Å². The van der Waals surface area contributed by atoms with E-state index in [1.54, 1.807) is 24.3 Å². The first-order valence-electron chi connectivity index (χ1n) is 10.8. The number of rotatable bonds is 7. The second-order valence-electron chi connectivity index (χ2n) is 7.85. The maximum absolute atomic E-state index is 12.6. The van der Waals surface area contributed by atoms with Gasteiger partial charge in [0.1, 0.15) is 5.75 Å². The Morgan fingerprint density at radius 2 is 1.71 bits per heavy atom. The number of hydrogen-bond acceptors (Lipinski definition) is 5. The summed E-state index contributed by atoms with van der Waals surface area (Å²) in [6, 6.07) is 16.4. The molecule has 1 aromatic heterocycles. The molecule has 1 aliphatic rings. The van der Waals surface area contributed by atoms with Crippen LogP contribution in [0.1, 0.15) is 27.0 Å². The molecule has 34 heavy (non-hydrogen) atoms. The van der Waals surface area contributed by atoms with E-state index in [0.29, 0.717) is 24.1 Å². The molecule has 0 radical (unpaired) electrons. The number of hydrogen-bond donors (Lipinski definition) is 1. The molecule has 0 spiro atoms. The maximum atomic E-state index is 12.6. The van der Waals surface area contributed by atoms with Crippen molar-refractivity contribution in [2.45, 2.75) is 19.3 Å². The summed E-state index contributed by atoms with van der Waals surface area (Å²) < 4.78 is 48.8. The molecule has 3 aromatic rings. The van der Waals surface area contributed by atoms with Gasteiger partial charge in [-0.05, 0) is 41.5 Å². The summed E-state index contributed by atoms with van der Waals surface area (Å²) in [5, 5.41) is 2.94. The molecule has 1 amide bonds. The summed E-state index contributed by atoms with van der Waals surface area (Å²) in [6.07, 6.45) is -3.74. The average Bonchev–Trinajstić information content (AvgIpc) is 2.84. The van der Waals surface area contributed by atoms with Gasteiger partial charge in [-0.2, -0.15) is 13.2 Å². The third-order valence-electron chi connectivity index (χ3n) is 5.46. The van der Waals surface area contributed by atoms with Crippen molar-refractivity contribution in [1.29, 1.82) is 0 Å². The van der Waals surface area contributed by atoms with Crippen LogP contribution in [0, 0.1) is 0 Å². The Bertz CT molecular complexity index is 1100. The zero-order chi connectivity index (χ0) is 24.0. The van der Waals surface area contributed by atoms with Crippen molar-refractivity contribution in [3.8, 4) is 11.6 Å². The van der Waals surface area contributed by atoms with E-state index in [1.165, 1.54) is 0 Å². The molecular formula is C25H24F3N3O3. The van der Waals surface area contributed by atoms with Gasteiger partial charge in [0.15, 0.2) is 0 Å². The fourth-order valence-electron chi connectivity index (χ4n) is 3.57. The molecule has 2 heterocycles. The summed E-state index contributed by atoms with van der Waals surface area (Å²) in [6.45, 7) is 4.43. The zero-order valence-electron chi connectivity index (χ0n) is 18.3. The van der Waals surface area contributed by atoms with Crippen LogP contribution in [0.15, 0.2) is 66.9 Å². The number of amides is 1. The zero-order valence-corrected chi connectivity index (χ0v) is 18.3. The highest BCUT2D eigenvalue weighted by molar-refractivity contribution is 5.94. The number of nitrogens with zero attached hydrogens (tertiary/aromatic N) is 2. The molecule has 0 atom stereocenters. The van der Waals surface area contributed by atoms with Crippen LogP contribution < -0.4 is 10.1 Å². The second-order valence-corrected chi connectivity index (χ2v) is 7.85. The first-order chi connectivity index (χ1) is 16.4. The van der Waals surface area contributed by atoms with Crippen LogP contribution in [0.25, 0.3) is 0 Å². The number of nitrogens with one attached hydrogen (secondary N) is 1. The van der Waals surface area contributed by atoms with E-state index in [1.807, 2.05) is 18.2 Å². The van der Waals surface area contributed by atoms with Crippen LogP contribution in [-0.4, -0.2) is 42.1 Å².